The van der Waals surface area contributed by atoms with E-state index in [9.17, 15) is 10.2 Å². The minimum absolute atomic E-state index is 0.0752. The molecule has 0 saturated carbocycles. The molecule has 4 rings (SSSR count). The van der Waals surface area contributed by atoms with Crippen LogP contribution in [0.3, 0.4) is 0 Å². The van der Waals surface area contributed by atoms with Crippen molar-refractivity contribution < 1.29 is 14.9 Å². The third-order valence-corrected chi connectivity index (χ3v) is 4.95. The minimum atomic E-state index is -0.163. The molecule has 1 saturated heterocycles. The number of nitrogens with zero attached hydrogens (tertiary/aromatic N) is 3. The lowest BCUT2D eigenvalue weighted by molar-refractivity contribution is 0.0342. The second-order valence-electron chi connectivity index (χ2n) is 6.50. The lowest BCUT2D eigenvalue weighted by atomic mass is 10.1. The predicted octanol–water partition coefficient (Wildman–Crippen LogP) is 3.44. The number of morpholine rings is 1. The number of hydrogen-bond acceptors (Lipinski definition) is 5. The van der Waals surface area contributed by atoms with Crippen LogP contribution in [0.15, 0.2) is 48.8 Å². The molecule has 2 heterocycles. The van der Waals surface area contributed by atoms with Crippen molar-refractivity contribution in [3.63, 3.8) is 0 Å². The molecule has 0 radical (unpaired) electrons. The van der Waals surface area contributed by atoms with Gasteiger partial charge in [0.1, 0.15) is 17.3 Å². The van der Waals surface area contributed by atoms with Gasteiger partial charge in [-0.15, -0.1) is 0 Å². The summed E-state index contributed by atoms with van der Waals surface area (Å²) in [7, 11) is 0. The number of ether oxygens (including phenoxy) is 1. The highest BCUT2D eigenvalue weighted by Crippen LogP contribution is 2.37. The molecule has 1 aromatic heterocycles. The Balaban J connectivity index is 1.66. The molecule has 1 aliphatic heterocycles. The van der Waals surface area contributed by atoms with Crippen molar-refractivity contribution in [3.8, 4) is 28.6 Å². The van der Waals surface area contributed by atoms with Gasteiger partial charge in [-0.2, -0.15) is 0 Å². The lowest BCUT2D eigenvalue weighted by Gasteiger charge is -2.26. The van der Waals surface area contributed by atoms with Crippen LogP contribution in [0.4, 0.5) is 0 Å². The van der Waals surface area contributed by atoms with E-state index in [0.717, 1.165) is 38.5 Å². The van der Waals surface area contributed by atoms with E-state index >= 15 is 0 Å². The normalized spacial score (nSPS) is 15.1. The van der Waals surface area contributed by atoms with Crippen molar-refractivity contribution >= 4 is 11.6 Å². The molecule has 0 amide bonds. The monoisotopic (exact) mass is 385 g/mol. The number of phenols is 2. The fourth-order valence-electron chi connectivity index (χ4n) is 3.26. The van der Waals surface area contributed by atoms with Gasteiger partial charge < -0.3 is 14.9 Å². The van der Waals surface area contributed by atoms with Crippen molar-refractivity contribution in [3.05, 3.63) is 59.4 Å². The summed E-state index contributed by atoms with van der Waals surface area (Å²) in [6.45, 7) is 4.26. The van der Waals surface area contributed by atoms with Crippen molar-refractivity contribution in [1.29, 1.82) is 0 Å². The molecular weight excluding hydrogens is 366 g/mol. The summed E-state index contributed by atoms with van der Waals surface area (Å²) in [5.74, 6) is 0.315. The van der Waals surface area contributed by atoms with Gasteiger partial charge in [-0.3, -0.25) is 9.47 Å². The van der Waals surface area contributed by atoms with Crippen LogP contribution < -0.4 is 0 Å². The maximum absolute atomic E-state index is 10.2. The molecule has 0 unspecified atom stereocenters. The average Bonchev–Trinajstić information content (AvgIpc) is 3.15. The van der Waals surface area contributed by atoms with E-state index in [2.05, 4.69) is 22.0 Å². The zero-order valence-corrected chi connectivity index (χ0v) is 15.4. The maximum Gasteiger partial charge on any atom is 0.148 e. The number of aromatic hydroxyl groups is 2. The van der Waals surface area contributed by atoms with Gasteiger partial charge in [0, 0.05) is 43.8 Å². The number of hydrogen-bond donors (Lipinski definition) is 2. The lowest BCUT2D eigenvalue weighted by Crippen LogP contribution is -2.35. The second kappa shape index (κ2) is 7.60. The zero-order valence-electron chi connectivity index (χ0n) is 14.7. The standard InChI is InChI=1S/C20H20ClN3O3/c21-17-11-16(18(25)12-19(17)26)20-22-4-5-24(20)15-3-1-2-14(10-15)13-23-6-8-27-9-7-23/h1-5,10-12,25-26H,6-9,13H2. The van der Waals surface area contributed by atoms with E-state index in [0.29, 0.717) is 11.4 Å². The first kappa shape index (κ1) is 17.9. The summed E-state index contributed by atoms with van der Waals surface area (Å²) >= 11 is 6.02. The van der Waals surface area contributed by atoms with Gasteiger partial charge in [0.25, 0.3) is 0 Å². The van der Waals surface area contributed by atoms with Crippen molar-refractivity contribution in [2.45, 2.75) is 6.54 Å². The second-order valence-corrected chi connectivity index (χ2v) is 6.91. The van der Waals surface area contributed by atoms with E-state index in [1.165, 1.54) is 17.7 Å². The fraction of sp³-hybridized carbons (Fsp3) is 0.250. The van der Waals surface area contributed by atoms with Gasteiger partial charge in [0.2, 0.25) is 0 Å². The van der Waals surface area contributed by atoms with Crippen LogP contribution in [-0.2, 0) is 11.3 Å². The molecule has 0 atom stereocenters. The largest absolute Gasteiger partial charge is 0.507 e. The number of halogens is 1. The first-order chi connectivity index (χ1) is 13.1. The van der Waals surface area contributed by atoms with Crippen LogP contribution >= 0.6 is 11.6 Å². The van der Waals surface area contributed by atoms with Crippen LogP contribution in [0.2, 0.25) is 5.02 Å². The summed E-state index contributed by atoms with van der Waals surface area (Å²) in [4.78, 5) is 6.74. The highest BCUT2D eigenvalue weighted by Gasteiger charge is 2.16. The smallest absolute Gasteiger partial charge is 0.148 e. The molecule has 1 fully saturated rings. The van der Waals surface area contributed by atoms with E-state index < -0.39 is 0 Å². The number of aromatic nitrogens is 2. The highest BCUT2D eigenvalue weighted by atomic mass is 35.5. The molecule has 2 N–H and O–H groups in total. The van der Waals surface area contributed by atoms with E-state index in [1.807, 2.05) is 22.9 Å². The van der Waals surface area contributed by atoms with E-state index in [4.69, 9.17) is 16.3 Å². The Morgan fingerprint density at radius 1 is 1.07 bits per heavy atom. The Hall–Kier alpha value is -2.54. The Morgan fingerprint density at radius 2 is 1.89 bits per heavy atom. The Morgan fingerprint density at radius 3 is 2.70 bits per heavy atom. The number of imidazole rings is 1. The average molecular weight is 386 g/mol. The molecule has 1 aliphatic rings. The van der Waals surface area contributed by atoms with Crippen molar-refractivity contribution in [2.24, 2.45) is 0 Å². The summed E-state index contributed by atoms with van der Waals surface area (Å²) < 4.78 is 7.30. The highest BCUT2D eigenvalue weighted by molar-refractivity contribution is 6.32. The topological polar surface area (TPSA) is 70.8 Å². The van der Waals surface area contributed by atoms with Crippen LogP contribution in [-0.4, -0.2) is 51.0 Å². The Kier molecular flexibility index (Phi) is 5.03. The molecule has 27 heavy (non-hydrogen) atoms. The number of phenolic OH excluding ortho intramolecular Hbond substituents is 2. The third kappa shape index (κ3) is 3.78. The third-order valence-electron chi connectivity index (χ3n) is 4.65. The minimum Gasteiger partial charge on any atom is -0.507 e. The molecule has 7 heteroatoms. The summed E-state index contributed by atoms with van der Waals surface area (Å²) in [6, 6.07) is 11.0. The van der Waals surface area contributed by atoms with Gasteiger partial charge in [0.05, 0.1) is 23.8 Å². The number of rotatable bonds is 4. The van der Waals surface area contributed by atoms with Gasteiger partial charge in [-0.05, 0) is 23.8 Å². The van der Waals surface area contributed by atoms with Crippen molar-refractivity contribution in [1.82, 2.24) is 14.5 Å². The molecule has 0 spiro atoms. The zero-order chi connectivity index (χ0) is 18.8. The SMILES string of the molecule is Oc1cc(O)c(-c2nccn2-c2cccc(CN3CCOCC3)c2)cc1Cl. The van der Waals surface area contributed by atoms with Crippen LogP contribution in [0.1, 0.15) is 5.56 Å². The summed E-state index contributed by atoms with van der Waals surface area (Å²) in [5, 5.41) is 20.1. The predicted molar refractivity (Wildman–Crippen MR) is 103 cm³/mol. The quantitative estimate of drug-likeness (QED) is 0.720. The first-order valence-corrected chi connectivity index (χ1v) is 9.14. The summed E-state index contributed by atoms with van der Waals surface area (Å²) in [5.41, 5.74) is 2.60. The molecule has 140 valence electrons. The van der Waals surface area contributed by atoms with Gasteiger partial charge in [-0.1, -0.05) is 23.7 Å². The van der Waals surface area contributed by atoms with Gasteiger partial charge >= 0.3 is 0 Å². The van der Waals surface area contributed by atoms with E-state index in [1.54, 1.807) is 6.20 Å². The van der Waals surface area contributed by atoms with Gasteiger partial charge in [0.15, 0.2) is 0 Å². The van der Waals surface area contributed by atoms with Crippen LogP contribution in [0, 0.1) is 0 Å². The first-order valence-electron chi connectivity index (χ1n) is 8.76. The Labute approximate surface area is 162 Å². The van der Waals surface area contributed by atoms with E-state index in [-0.39, 0.29) is 16.5 Å². The Bertz CT molecular complexity index is 951. The molecule has 3 aromatic rings. The summed E-state index contributed by atoms with van der Waals surface area (Å²) in [6.07, 6.45) is 3.51. The molecule has 6 nitrogen and oxygen atoms in total. The van der Waals surface area contributed by atoms with Crippen molar-refractivity contribution in [2.75, 3.05) is 26.3 Å². The molecule has 0 bridgehead atoms. The van der Waals surface area contributed by atoms with Crippen LogP contribution in [0.5, 0.6) is 11.5 Å². The molecule has 2 aromatic carbocycles. The van der Waals surface area contributed by atoms with Gasteiger partial charge in [-0.25, -0.2) is 4.98 Å². The number of benzene rings is 2. The van der Waals surface area contributed by atoms with Crippen LogP contribution in [0.25, 0.3) is 17.1 Å². The fourth-order valence-corrected chi connectivity index (χ4v) is 3.43. The molecular formula is C20H20ClN3O3. The molecule has 0 aliphatic carbocycles. The maximum atomic E-state index is 10.2.